The van der Waals surface area contributed by atoms with E-state index in [1.54, 1.807) is 0 Å². The Labute approximate surface area is 134 Å². The molecule has 0 amide bonds. The van der Waals surface area contributed by atoms with Gasteiger partial charge in [-0.15, -0.1) is 0 Å². The second-order valence-corrected chi connectivity index (χ2v) is 11.3. The molecule has 4 heteroatoms. The van der Waals surface area contributed by atoms with Crippen molar-refractivity contribution in [3.05, 3.63) is 47.7 Å². The Morgan fingerprint density at radius 2 is 1.91 bits per heavy atom. The van der Waals surface area contributed by atoms with Crippen LogP contribution in [0.3, 0.4) is 0 Å². The lowest BCUT2D eigenvalue weighted by Crippen LogP contribution is -2.54. The van der Waals surface area contributed by atoms with Gasteiger partial charge in [-0.05, 0) is 45.5 Å². The number of hydrogen-bond donors (Lipinski definition) is 0. The standard InChI is InChI=1S/C18H25NO2Si/c1-6-17(14-19)13-12-15(2)20-18(17,21-22(3,4)5)16-10-8-7-9-11-16/h7-12H,6,13H2,1-5H3. The molecule has 2 unspecified atom stereocenters. The summed E-state index contributed by atoms with van der Waals surface area (Å²) >= 11 is 0. The topological polar surface area (TPSA) is 42.2 Å². The molecule has 0 bridgehead atoms. The highest BCUT2D eigenvalue weighted by molar-refractivity contribution is 6.69. The Balaban J connectivity index is 2.70. The second-order valence-electron chi connectivity index (χ2n) is 6.87. The molecule has 1 heterocycles. The van der Waals surface area contributed by atoms with E-state index < -0.39 is 19.5 Å². The Kier molecular flexibility index (Phi) is 4.51. The zero-order valence-electron chi connectivity index (χ0n) is 14.1. The maximum Gasteiger partial charge on any atom is 0.247 e. The molecule has 0 N–H and O–H groups in total. The first-order valence-electron chi connectivity index (χ1n) is 7.81. The first-order chi connectivity index (χ1) is 10.3. The summed E-state index contributed by atoms with van der Waals surface area (Å²) in [7, 11) is -1.95. The summed E-state index contributed by atoms with van der Waals surface area (Å²) in [6.45, 7) is 10.4. The summed E-state index contributed by atoms with van der Waals surface area (Å²) < 4.78 is 12.9. The van der Waals surface area contributed by atoms with E-state index in [0.29, 0.717) is 12.8 Å². The molecular weight excluding hydrogens is 290 g/mol. The minimum Gasteiger partial charge on any atom is -0.462 e. The first kappa shape index (κ1) is 16.8. The molecule has 0 radical (unpaired) electrons. The molecule has 1 aliphatic rings. The van der Waals surface area contributed by atoms with Crippen LogP contribution in [0.4, 0.5) is 0 Å². The van der Waals surface area contributed by atoms with Crippen molar-refractivity contribution in [2.45, 2.75) is 52.1 Å². The highest BCUT2D eigenvalue weighted by Gasteiger charge is 2.58. The summed E-state index contributed by atoms with van der Waals surface area (Å²) in [6, 6.07) is 12.4. The maximum atomic E-state index is 10.00. The van der Waals surface area contributed by atoms with Gasteiger partial charge in [0.2, 0.25) is 5.79 Å². The Morgan fingerprint density at radius 1 is 1.27 bits per heavy atom. The van der Waals surface area contributed by atoms with E-state index in [4.69, 9.17) is 9.16 Å². The fourth-order valence-electron chi connectivity index (χ4n) is 3.00. The molecule has 118 valence electrons. The van der Waals surface area contributed by atoms with E-state index in [2.05, 4.69) is 25.7 Å². The highest BCUT2D eigenvalue weighted by atomic mass is 28.4. The zero-order valence-corrected chi connectivity index (χ0v) is 15.1. The van der Waals surface area contributed by atoms with Crippen LogP contribution < -0.4 is 0 Å². The second kappa shape index (κ2) is 5.90. The van der Waals surface area contributed by atoms with E-state index in [0.717, 1.165) is 11.3 Å². The minimum atomic E-state index is -1.95. The van der Waals surface area contributed by atoms with E-state index in [1.165, 1.54) is 0 Å². The molecule has 0 aromatic heterocycles. The molecule has 0 saturated heterocycles. The van der Waals surface area contributed by atoms with Gasteiger partial charge >= 0.3 is 0 Å². The Morgan fingerprint density at radius 3 is 2.41 bits per heavy atom. The summed E-state index contributed by atoms with van der Waals surface area (Å²) in [6.07, 6.45) is 3.32. The van der Waals surface area contributed by atoms with Crippen LogP contribution in [0.1, 0.15) is 32.3 Å². The van der Waals surface area contributed by atoms with Crippen LogP contribution in [-0.2, 0) is 14.9 Å². The van der Waals surface area contributed by atoms with Crippen molar-refractivity contribution in [2.24, 2.45) is 5.41 Å². The number of benzene rings is 1. The van der Waals surface area contributed by atoms with Crippen molar-refractivity contribution >= 4 is 8.32 Å². The number of nitrogens with zero attached hydrogens (tertiary/aromatic N) is 1. The lowest BCUT2D eigenvalue weighted by Gasteiger charge is -2.50. The maximum absolute atomic E-state index is 10.00. The number of rotatable bonds is 4. The van der Waals surface area contributed by atoms with Crippen molar-refractivity contribution in [1.29, 1.82) is 5.26 Å². The van der Waals surface area contributed by atoms with Crippen LogP contribution in [0.5, 0.6) is 0 Å². The van der Waals surface area contributed by atoms with Gasteiger partial charge in [0, 0.05) is 5.56 Å². The third kappa shape index (κ3) is 2.84. The van der Waals surface area contributed by atoms with Crippen LogP contribution in [0.15, 0.2) is 42.2 Å². The van der Waals surface area contributed by atoms with Crippen LogP contribution in [0.25, 0.3) is 0 Å². The van der Waals surface area contributed by atoms with Gasteiger partial charge in [-0.2, -0.15) is 5.26 Å². The molecule has 0 fully saturated rings. The molecule has 0 spiro atoms. The van der Waals surface area contributed by atoms with Gasteiger partial charge in [-0.25, -0.2) is 0 Å². The summed E-state index contributed by atoms with van der Waals surface area (Å²) in [5.41, 5.74) is 0.210. The molecule has 2 rings (SSSR count). The molecule has 3 nitrogen and oxygen atoms in total. The van der Waals surface area contributed by atoms with Crippen molar-refractivity contribution in [1.82, 2.24) is 0 Å². The van der Waals surface area contributed by atoms with Crippen molar-refractivity contribution in [3.8, 4) is 6.07 Å². The number of nitriles is 1. The third-order valence-corrected chi connectivity index (χ3v) is 4.99. The summed E-state index contributed by atoms with van der Waals surface area (Å²) in [5, 5.41) is 10.00. The average Bonchev–Trinajstić information content (AvgIpc) is 2.47. The lowest BCUT2D eigenvalue weighted by molar-refractivity contribution is -0.242. The van der Waals surface area contributed by atoms with E-state index >= 15 is 0 Å². The monoisotopic (exact) mass is 315 g/mol. The van der Waals surface area contributed by atoms with E-state index in [1.807, 2.05) is 50.3 Å². The Bertz CT molecular complexity index is 600. The van der Waals surface area contributed by atoms with E-state index in [9.17, 15) is 5.26 Å². The molecule has 1 aromatic carbocycles. The van der Waals surface area contributed by atoms with E-state index in [-0.39, 0.29) is 0 Å². The predicted molar refractivity (Wildman–Crippen MR) is 90.3 cm³/mol. The fourth-order valence-corrected chi connectivity index (χ4v) is 4.21. The largest absolute Gasteiger partial charge is 0.462 e. The van der Waals surface area contributed by atoms with Gasteiger partial charge in [0.25, 0.3) is 0 Å². The lowest BCUT2D eigenvalue weighted by atomic mass is 9.71. The SMILES string of the molecule is CCC1(C#N)CC=C(C)OC1(O[Si](C)(C)C)c1ccccc1. The van der Waals surface area contributed by atoms with Crippen LogP contribution in [0.2, 0.25) is 19.6 Å². The number of ether oxygens (including phenoxy) is 1. The number of hydrogen-bond acceptors (Lipinski definition) is 3. The van der Waals surface area contributed by atoms with Gasteiger partial charge in [0.1, 0.15) is 5.41 Å². The van der Waals surface area contributed by atoms with Gasteiger partial charge in [0.15, 0.2) is 8.32 Å². The van der Waals surface area contributed by atoms with Gasteiger partial charge in [-0.3, -0.25) is 0 Å². The first-order valence-corrected chi connectivity index (χ1v) is 11.2. The van der Waals surface area contributed by atoms with Crippen LogP contribution >= 0.6 is 0 Å². The van der Waals surface area contributed by atoms with Crippen LogP contribution in [0, 0.1) is 16.7 Å². The smallest absolute Gasteiger partial charge is 0.247 e. The molecule has 0 aliphatic carbocycles. The molecule has 22 heavy (non-hydrogen) atoms. The summed E-state index contributed by atoms with van der Waals surface area (Å²) in [5.74, 6) is -0.206. The van der Waals surface area contributed by atoms with Gasteiger partial charge < -0.3 is 9.16 Å². The highest BCUT2D eigenvalue weighted by Crippen LogP contribution is 2.53. The molecule has 1 aromatic rings. The van der Waals surface area contributed by atoms with Crippen molar-refractivity contribution in [2.75, 3.05) is 0 Å². The van der Waals surface area contributed by atoms with Gasteiger partial charge in [-0.1, -0.05) is 37.3 Å². The summed E-state index contributed by atoms with van der Waals surface area (Å²) in [4.78, 5) is 0. The average molecular weight is 315 g/mol. The quantitative estimate of drug-likeness (QED) is 0.739. The van der Waals surface area contributed by atoms with Crippen LogP contribution in [-0.4, -0.2) is 8.32 Å². The minimum absolute atomic E-state index is 0.644. The molecule has 1 aliphatic heterocycles. The fraction of sp³-hybridized carbons (Fsp3) is 0.500. The number of allylic oxidation sites excluding steroid dienone is 2. The van der Waals surface area contributed by atoms with Crippen molar-refractivity contribution in [3.63, 3.8) is 0 Å². The normalized spacial score (nSPS) is 28.5. The van der Waals surface area contributed by atoms with Gasteiger partial charge in [0.05, 0.1) is 11.8 Å². The molecular formula is C18H25NO2Si. The predicted octanol–water partition coefficient (Wildman–Crippen LogP) is 4.93. The molecule has 2 atom stereocenters. The third-order valence-electron chi connectivity index (χ3n) is 4.09. The molecule has 0 saturated carbocycles. The zero-order chi connectivity index (χ0) is 16.4. The van der Waals surface area contributed by atoms with Crippen molar-refractivity contribution < 1.29 is 9.16 Å². The Hall–Kier alpha value is -1.57.